The second-order valence-corrected chi connectivity index (χ2v) is 7.48. The van der Waals surface area contributed by atoms with Crippen molar-refractivity contribution in [1.82, 2.24) is 4.72 Å². The molecule has 0 saturated heterocycles. The molecule has 2 aromatic carbocycles. The lowest BCUT2D eigenvalue weighted by molar-refractivity contribution is 0.339. The summed E-state index contributed by atoms with van der Waals surface area (Å²) in [4.78, 5) is 0. The van der Waals surface area contributed by atoms with E-state index in [1.54, 1.807) is 43.5 Å². The van der Waals surface area contributed by atoms with Crippen molar-refractivity contribution in [1.29, 1.82) is 0 Å². The van der Waals surface area contributed by atoms with Crippen LogP contribution >= 0.6 is 11.6 Å². The largest absolute Gasteiger partial charge is 0.497 e. The molecule has 0 radical (unpaired) electrons. The number of sulfonamides is 1. The van der Waals surface area contributed by atoms with E-state index in [4.69, 9.17) is 21.1 Å². The molecule has 24 heavy (non-hydrogen) atoms. The Balaban J connectivity index is 1.71. The van der Waals surface area contributed by atoms with Crippen LogP contribution in [0.3, 0.4) is 0 Å². The molecule has 7 heteroatoms. The molecular formula is C17H20ClNO4S. The van der Waals surface area contributed by atoms with E-state index in [9.17, 15) is 8.42 Å². The normalized spacial score (nSPS) is 11.2. The Morgan fingerprint density at radius 2 is 1.62 bits per heavy atom. The van der Waals surface area contributed by atoms with Gasteiger partial charge in [-0.15, -0.1) is 0 Å². The summed E-state index contributed by atoms with van der Waals surface area (Å²) in [5.41, 5.74) is 1.02. The Kier molecular flexibility index (Phi) is 6.90. The highest BCUT2D eigenvalue weighted by Crippen LogP contribution is 2.16. The third-order valence-electron chi connectivity index (χ3n) is 3.33. The fourth-order valence-corrected chi connectivity index (χ4v) is 3.00. The van der Waals surface area contributed by atoms with Crippen LogP contribution in [0, 0.1) is 0 Å². The van der Waals surface area contributed by atoms with Crippen molar-refractivity contribution >= 4 is 21.6 Å². The fraction of sp³-hybridized carbons (Fsp3) is 0.294. The van der Waals surface area contributed by atoms with Gasteiger partial charge in [-0.05, 0) is 48.4 Å². The van der Waals surface area contributed by atoms with E-state index in [0.29, 0.717) is 23.7 Å². The lowest BCUT2D eigenvalue weighted by atomic mass is 10.2. The van der Waals surface area contributed by atoms with Gasteiger partial charge in [-0.2, -0.15) is 0 Å². The first-order valence-electron chi connectivity index (χ1n) is 7.47. The van der Waals surface area contributed by atoms with Crippen LogP contribution in [-0.2, 0) is 16.4 Å². The summed E-state index contributed by atoms with van der Waals surface area (Å²) in [6.07, 6.45) is 0.607. The molecule has 0 aliphatic carbocycles. The number of rotatable bonds is 9. The van der Waals surface area contributed by atoms with Crippen LogP contribution in [0.1, 0.15) is 5.56 Å². The minimum Gasteiger partial charge on any atom is -0.497 e. The summed E-state index contributed by atoms with van der Waals surface area (Å²) in [5, 5.41) is 0.662. The number of halogens is 1. The zero-order valence-electron chi connectivity index (χ0n) is 13.4. The molecule has 5 nitrogen and oxygen atoms in total. The first-order chi connectivity index (χ1) is 11.5. The minimum absolute atomic E-state index is 0.0859. The van der Waals surface area contributed by atoms with Gasteiger partial charge in [0, 0.05) is 11.6 Å². The monoisotopic (exact) mass is 369 g/mol. The molecule has 0 aromatic heterocycles. The first-order valence-corrected chi connectivity index (χ1v) is 9.50. The SMILES string of the molecule is COc1ccc(OCCS(=O)(=O)NCCc2ccc(Cl)cc2)cc1. The predicted octanol–water partition coefficient (Wildman–Crippen LogP) is 2.89. The number of methoxy groups -OCH3 is 1. The molecule has 0 bridgehead atoms. The molecule has 0 spiro atoms. The number of hydrogen-bond acceptors (Lipinski definition) is 4. The second-order valence-electron chi connectivity index (χ2n) is 5.11. The van der Waals surface area contributed by atoms with E-state index in [1.807, 2.05) is 12.1 Å². The van der Waals surface area contributed by atoms with E-state index >= 15 is 0 Å². The average Bonchev–Trinajstić information content (AvgIpc) is 2.57. The predicted molar refractivity (Wildman–Crippen MR) is 95.4 cm³/mol. The third kappa shape index (κ3) is 6.39. The Bertz CT molecular complexity index is 730. The van der Waals surface area contributed by atoms with Crippen LogP contribution in [0.5, 0.6) is 11.5 Å². The third-order valence-corrected chi connectivity index (χ3v) is 4.93. The Morgan fingerprint density at radius 1 is 1.00 bits per heavy atom. The quantitative estimate of drug-likeness (QED) is 0.738. The summed E-state index contributed by atoms with van der Waals surface area (Å²) >= 11 is 5.81. The Labute approximate surface area is 147 Å². The van der Waals surface area contributed by atoms with Crippen LogP contribution in [-0.4, -0.2) is 34.4 Å². The van der Waals surface area contributed by atoms with E-state index in [-0.39, 0.29) is 12.4 Å². The van der Waals surface area contributed by atoms with Crippen LogP contribution in [0.4, 0.5) is 0 Å². The lowest BCUT2D eigenvalue weighted by Crippen LogP contribution is -2.30. The van der Waals surface area contributed by atoms with Crippen molar-refractivity contribution in [3.05, 3.63) is 59.1 Å². The maximum atomic E-state index is 11.9. The van der Waals surface area contributed by atoms with Crippen molar-refractivity contribution < 1.29 is 17.9 Å². The molecule has 130 valence electrons. The molecule has 0 heterocycles. The van der Waals surface area contributed by atoms with Gasteiger partial charge in [-0.25, -0.2) is 13.1 Å². The summed E-state index contributed by atoms with van der Waals surface area (Å²) in [6.45, 7) is 0.426. The van der Waals surface area contributed by atoms with Gasteiger partial charge in [0.1, 0.15) is 18.1 Å². The van der Waals surface area contributed by atoms with Gasteiger partial charge < -0.3 is 9.47 Å². The topological polar surface area (TPSA) is 64.6 Å². The average molecular weight is 370 g/mol. The summed E-state index contributed by atoms with van der Waals surface area (Å²) in [6, 6.07) is 14.3. The van der Waals surface area contributed by atoms with Gasteiger partial charge in [0.2, 0.25) is 10.0 Å². The first kappa shape index (κ1) is 18.6. The molecular weight excluding hydrogens is 350 g/mol. The van der Waals surface area contributed by atoms with Gasteiger partial charge in [-0.3, -0.25) is 0 Å². The number of nitrogens with one attached hydrogen (secondary N) is 1. The van der Waals surface area contributed by atoms with Crippen molar-refractivity contribution in [2.75, 3.05) is 26.0 Å². The highest BCUT2D eigenvalue weighted by Gasteiger charge is 2.10. The van der Waals surface area contributed by atoms with Gasteiger partial charge in [0.15, 0.2) is 0 Å². The summed E-state index contributed by atoms with van der Waals surface area (Å²) in [5.74, 6) is 1.23. The van der Waals surface area contributed by atoms with Gasteiger partial charge in [0.05, 0.1) is 12.9 Å². The maximum absolute atomic E-state index is 11.9. The molecule has 2 aromatic rings. The number of benzene rings is 2. The van der Waals surface area contributed by atoms with E-state index in [0.717, 1.165) is 11.3 Å². The summed E-state index contributed by atoms with van der Waals surface area (Å²) < 4.78 is 36.9. The molecule has 2 rings (SSSR count). The lowest BCUT2D eigenvalue weighted by Gasteiger charge is -2.09. The maximum Gasteiger partial charge on any atom is 0.214 e. The van der Waals surface area contributed by atoms with Crippen molar-refractivity contribution in [3.8, 4) is 11.5 Å². The molecule has 1 N–H and O–H groups in total. The minimum atomic E-state index is -3.37. The fourth-order valence-electron chi connectivity index (χ4n) is 2.02. The van der Waals surface area contributed by atoms with Gasteiger partial charge in [-0.1, -0.05) is 23.7 Å². The van der Waals surface area contributed by atoms with E-state index < -0.39 is 10.0 Å². The molecule has 0 aliphatic rings. The number of ether oxygens (including phenoxy) is 2. The Hall–Kier alpha value is -1.76. The van der Waals surface area contributed by atoms with Gasteiger partial charge in [0.25, 0.3) is 0 Å². The van der Waals surface area contributed by atoms with Crippen LogP contribution in [0.25, 0.3) is 0 Å². The van der Waals surface area contributed by atoms with Crippen LogP contribution in [0.2, 0.25) is 5.02 Å². The second kappa shape index (κ2) is 8.92. The highest BCUT2D eigenvalue weighted by atomic mass is 35.5. The molecule has 0 aliphatic heterocycles. The van der Waals surface area contributed by atoms with Crippen molar-refractivity contribution in [3.63, 3.8) is 0 Å². The van der Waals surface area contributed by atoms with Gasteiger partial charge >= 0.3 is 0 Å². The Morgan fingerprint density at radius 3 is 2.25 bits per heavy atom. The van der Waals surface area contributed by atoms with Crippen molar-refractivity contribution in [2.45, 2.75) is 6.42 Å². The van der Waals surface area contributed by atoms with E-state index in [1.165, 1.54) is 0 Å². The standard InChI is InChI=1S/C17H20ClNO4S/c1-22-16-6-8-17(9-7-16)23-12-13-24(20,21)19-11-10-14-2-4-15(18)5-3-14/h2-9,19H,10-13H2,1H3. The zero-order valence-corrected chi connectivity index (χ0v) is 14.9. The molecule has 0 unspecified atom stereocenters. The molecule has 0 fully saturated rings. The summed E-state index contributed by atoms with van der Waals surface area (Å²) in [7, 11) is -1.79. The van der Waals surface area contributed by atoms with Crippen molar-refractivity contribution in [2.24, 2.45) is 0 Å². The molecule has 0 atom stereocenters. The molecule has 0 saturated carbocycles. The van der Waals surface area contributed by atoms with Crippen LogP contribution in [0.15, 0.2) is 48.5 Å². The number of hydrogen-bond donors (Lipinski definition) is 1. The van der Waals surface area contributed by atoms with E-state index in [2.05, 4.69) is 4.72 Å². The highest BCUT2D eigenvalue weighted by molar-refractivity contribution is 7.89. The smallest absolute Gasteiger partial charge is 0.214 e. The zero-order chi connectivity index (χ0) is 17.4. The molecule has 0 amide bonds. The van der Waals surface area contributed by atoms with Crippen LogP contribution < -0.4 is 14.2 Å².